The number of nitrogens with one attached hydrogen (secondary N) is 1. The van der Waals surface area contributed by atoms with Crippen molar-refractivity contribution < 1.29 is 14.3 Å². The van der Waals surface area contributed by atoms with Crippen LogP contribution in [0.15, 0.2) is 47.8 Å². The van der Waals surface area contributed by atoms with Gasteiger partial charge in [-0.1, -0.05) is 35.3 Å². The van der Waals surface area contributed by atoms with Crippen LogP contribution in [0.4, 0.5) is 16.2 Å². The minimum absolute atomic E-state index is 0.0894. The van der Waals surface area contributed by atoms with Crippen molar-refractivity contribution in [2.45, 2.75) is 33.4 Å². The molecule has 4 rings (SSSR count). The Kier molecular flexibility index (Phi) is 9.35. The number of carbonyl (C=O) groups is 2. The molecule has 11 heteroatoms. The van der Waals surface area contributed by atoms with Gasteiger partial charge >= 0.3 is 6.03 Å². The largest absolute Gasteiger partial charge is 0.492 e. The summed E-state index contributed by atoms with van der Waals surface area (Å²) in [4.78, 5) is 36.5. The Bertz CT molecular complexity index is 1280. The highest BCUT2D eigenvalue weighted by Crippen LogP contribution is 2.29. The molecule has 3 aromatic rings. The number of carbonyl (C=O) groups excluding carboxylic acids is 2. The van der Waals surface area contributed by atoms with Crippen molar-refractivity contribution in [3.8, 4) is 5.75 Å². The lowest BCUT2D eigenvalue weighted by molar-refractivity contribution is 0.0741. The molecule has 1 fully saturated rings. The maximum atomic E-state index is 13.2. The van der Waals surface area contributed by atoms with E-state index in [2.05, 4.69) is 15.2 Å². The number of halogens is 2. The predicted molar refractivity (Wildman–Crippen MR) is 154 cm³/mol. The standard InChI is InChI=1S/C27H31Cl2N5O3S/c1-4-37-24-8-6-5-7-23(24)32-11-13-33(14-12-32)26(35)22-17-38-25(31-22)16-34(18(2)3)27(36)30-19-9-10-20(28)21(29)15-19/h5-10,15,17-18H,4,11-14,16H2,1-3H3,(H,30,36). The molecule has 1 aromatic heterocycles. The number of ether oxygens (including phenoxy) is 1. The monoisotopic (exact) mass is 575 g/mol. The Morgan fingerprint density at radius 2 is 1.84 bits per heavy atom. The van der Waals surface area contributed by atoms with Crippen LogP contribution in [0, 0.1) is 0 Å². The van der Waals surface area contributed by atoms with Crippen molar-refractivity contribution in [2.75, 3.05) is 43.0 Å². The molecule has 2 aromatic carbocycles. The fourth-order valence-electron chi connectivity index (χ4n) is 4.19. The van der Waals surface area contributed by atoms with Gasteiger partial charge in [0.25, 0.3) is 5.91 Å². The minimum Gasteiger partial charge on any atom is -0.492 e. The Balaban J connectivity index is 1.36. The summed E-state index contributed by atoms with van der Waals surface area (Å²) in [6, 6.07) is 12.5. The molecule has 1 aliphatic rings. The molecule has 0 atom stereocenters. The predicted octanol–water partition coefficient (Wildman–Crippen LogP) is 6.25. The van der Waals surface area contributed by atoms with E-state index >= 15 is 0 Å². The lowest BCUT2D eigenvalue weighted by atomic mass is 10.2. The van der Waals surface area contributed by atoms with Crippen molar-refractivity contribution in [2.24, 2.45) is 0 Å². The highest BCUT2D eigenvalue weighted by Gasteiger charge is 2.26. The number of nitrogens with zero attached hydrogens (tertiary/aromatic N) is 4. The molecule has 8 nitrogen and oxygen atoms in total. The third-order valence-electron chi connectivity index (χ3n) is 6.20. The van der Waals surface area contributed by atoms with Gasteiger partial charge in [-0.3, -0.25) is 4.79 Å². The van der Waals surface area contributed by atoms with Gasteiger partial charge in [0.2, 0.25) is 0 Å². The summed E-state index contributed by atoms with van der Waals surface area (Å²) in [5.41, 5.74) is 2.00. The van der Waals surface area contributed by atoms with Crippen LogP contribution >= 0.6 is 34.5 Å². The molecule has 1 saturated heterocycles. The molecule has 38 heavy (non-hydrogen) atoms. The summed E-state index contributed by atoms with van der Waals surface area (Å²) in [6.45, 7) is 9.32. The van der Waals surface area contributed by atoms with Crippen LogP contribution < -0.4 is 15.0 Å². The van der Waals surface area contributed by atoms with Gasteiger partial charge in [0.15, 0.2) is 0 Å². The van der Waals surface area contributed by atoms with Crippen LogP contribution in [0.2, 0.25) is 10.0 Å². The SMILES string of the molecule is CCOc1ccccc1N1CCN(C(=O)c2csc(CN(C(=O)Nc3ccc(Cl)c(Cl)c3)C(C)C)n2)CC1. The number of anilines is 2. The van der Waals surface area contributed by atoms with Crippen molar-refractivity contribution in [1.82, 2.24) is 14.8 Å². The van der Waals surface area contributed by atoms with Gasteiger partial charge in [-0.15, -0.1) is 11.3 Å². The maximum Gasteiger partial charge on any atom is 0.322 e. The van der Waals surface area contributed by atoms with Gasteiger partial charge in [-0.2, -0.15) is 0 Å². The summed E-state index contributed by atoms with van der Waals surface area (Å²) >= 11 is 13.4. The van der Waals surface area contributed by atoms with Crippen molar-refractivity contribution >= 4 is 57.9 Å². The molecule has 3 amide bonds. The molecule has 0 saturated carbocycles. The number of amides is 3. The van der Waals surface area contributed by atoms with Crippen LogP contribution in [0.3, 0.4) is 0 Å². The van der Waals surface area contributed by atoms with E-state index in [9.17, 15) is 9.59 Å². The molecular weight excluding hydrogens is 545 g/mol. The number of piperazine rings is 1. The van der Waals surface area contributed by atoms with E-state index in [1.807, 2.05) is 49.9 Å². The van der Waals surface area contributed by atoms with E-state index in [0.29, 0.717) is 59.2 Å². The van der Waals surface area contributed by atoms with Crippen molar-refractivity contribution in [1.29, 1.82) is 0 Å². The molecule has 0 radical (unpaired) electrons. The molecule has 0 aliphatic carbocycles. The average Bonchev–Trinajstić information content (AvgIpc) is 3.38. The van der Waals surface area contributed by atoms with E-state index in [4.69, 9.17) is 27.9 Å². The molecular formula is C27H31Cl2N5O3S. The van der Waals surface area contributed by atoms with Gasteiger partial charge < -0.3 is 24.8 Å². The fraction of sp³-hybridized carbons (Fsp3) is 0.370. The van der Waals surface area contributed by atoms with E-state index < -0.39 is 0 Å². The summed E-state index contributed by atoms with van der Waals surface area (Å²) < 4.78 is 5.77. The first-order valence-electron chi connectivity index (χ1n) is 12.5. The number of urea groups is 1. The zero-order valence-corrected chi connectivity index (χ0v) is 23.9. The smallest absolute Gasteiger partial charge is 0.322 e. The van der Waals surface area contributed by atoms with Crippen LogP contribution in [0.5, 0.6) is 5.75 Å². The maximum absolute atomic E-state index is 13.2. The molecule has 0 unspecified atom stereocenters. The number of benzene rings is 2. The topological polar surface area (TPSA) is 78.0 Å². The number of rotatable bonds is 8. The molecule has 0 bridgehead atoms. The Morgan fingerprint density at radius 1 is 1.11 bits per heavy atom. The van der Waals surface area contributed by atoms with E-state index in [-0.39, 0.29) is 24.5 Å². The van der Waals surface area contributed by atoms with E-state index in [1.165, 1.54) is 11.3 Å². The highest BCUT2D eigenvalue weighted by molar-refractivity contribution is 7.09. The number of aromatic nitrogens is 1. The normalized spacial score (nSPS) is 13.5. The summed E-state index contributed by atoms with van der Waals surface area (Å²) in [6.07, 6.45) is 0. The molecule has 1 aliphatic heterocycles. The fourth-order valence-corrected chi connectivity index (χ4v) is 5.26. The second-order valence-corrected chi connectivity index (χ2v) is 10.8. The molecule has 0 spiro atoms. The molecule has 2 heterocycles. The number of hydrogen-bond acceptors (Lipinski definition) is 6. The Hall–Kier alpha value is -3.01. The number of thiazole rings is 1. The summed E-state index contributed by atoms with van der Waals surface area (Å²) in [5.74, 6) is 0.762. The van der Waals surface area contributed by atoms with Gasteiger partial charge in [0.05, 0.1) is 28.9 Å². The van der Waals surface area contributed by atoms with E-state index in [0.717, 1.165) is 11.4 Å². The van der Waals surface area contributed by atoms with Crippen LogP contribution in [-0.2, 0) is 6.54 Å². The third-order valence-corrected chi connectivity index (χ3v) is 7.78. The Labute approximate surface area is 237 Å². The van der Waals surface area contributed by atoms with Crippen LogP contribution in [0.1, 0.15) is 36.3 Å². The number of hydrogen-bond donors (Lipinski definition) is 1. The first kappa shape index (κ1) is 28.0. The second kappa shape index (κ2) is 12.7. The number of para-hydroxylation sites is 2. The van der Waals surface area contributed by atoms with Gasteiger partial charge in [0, 0.05) is 43.3 Å². The third kappa shape index (κ3) is 6.70. The quantitative estimate of drug-likeness (QED) is 0.343. The van der Waals surface area contributed by atoms with Crippen molar-refractivity contribution in [3.63, 3.8) is 0 Å². The second-order valence-electron chi connectivity index (χ2n) is 9.09. The van der Waals surface area contributed by atoms with Crippen molar-refractivity contribution in [3.05, 3.63) is 68.6 Å². The lowest BCUT2D eigenvalue weighted by Crippen LogP contribution is -2.49. The summed E-state index contributed by atoms with van der Waals surface area (Å²) in [5, 5.41) is 6.09. The van der Waals surface area contributed by atoms with Gasteiger partial charge in [0.1, 0.15) is 16.5 Å². The van der Waals surface area contributed by atoms with E-state index in [1.54, 1.807) is 28.5 Å². The van der Waals surface area contributed by atoms with Gasteiger partial charge in [-0.05, 0) is 51.1 Å². The molecule has 1 N–H and O–H groups in total. The van der Waals surface area contributed by atoms with Crippen LogP contribution in [-0.4, -0.2) is 65.5 Å². The lowest BCUT2D eigenvalue weighted by Gasteiger charge is -2.36. The minimum atomic E-state index is -0.287. The van der Waals surface area contributed by atoms with Crippen LogP contribution in [0.25, 0.3) is 0 Å². The Morgan fingerprint density at radius 3 is 2.53 bits per heavy atom. The average molecular weight is 577 g/mol. The zero-order valence-electron chi connectivity index (χ0n) is 21.6. The first-order chi connectivity index (χ1) is 18.3. The summed E-state index contributed by atoms with van der Waals surface area (Å²) in [7, 11) is 0. The van der Waals surface area contributed by atoms with Gasteiger partial charge in [-0.25, -0.2) is 9.78 Å². The zero-order chi connectivity index (χ0) is 27.2. The first-order valence-corrected chi connectivity index (χ1v) is 14.1. The molecule has 202 valence electrons. The highest BCUT2D eigenvalue weighted by atomic mass is 35.5.